The maximum Gasteiger partial charge on any atom is 0.305 e. The molecule has 0 rings (SSSR count). The normalized spacial score (nSPS) is 14.3. The molecule has 2 N–H and O–H groups in total. The fourth-order valence-corrected chi connectivity index (χ4v) is 4.70. The number of hydrogen-bond acceptors (Lipinski definition) is 6. The first-order chi connectivity index (χ1) is 22.4. The van der Waals surface area contributed by atoms with Gasteiger partial charge in [-0.25, -0.2) is 0 Å². The summed E-state index contributed by atoms with van der Waals surface area (Å²) in [7, 11) is 0. The molecule has 0 aliphatic carbocycles. The Bertz CT molecular complexity index is 856. The third kappa shape index (κ3) is 32.9. The number of rotatable bonds is 31. The number of ether oxygens (including phenoxy) is 2. The van der Waals surface area contributed by atoms with E-state index in [1.54, 1.807) is 0 Å². The first-order valence-electron chi connectivity index (χ1n) is 18.3. The molecule has 6 nitrogen and oxygen atoms in total. The van der Waals surface area contributed by atoms with E-state index < -0.39 is 12.2 Å². The predicted octanol–water partition coefficient (Wildman–Crippen LogP) is 10.1. The van der Waals surface area contributed by atoms with Crippen LogP contribution < -0.4 is 0 Å². The summed E-state index contributed by atoms with van der Waals surface area (Å²) in [6.07, 6.45) is 39.0. The molecule has 6 heteroatoms. The van der Waals surface area contributed by atoms with Gasteiger partial charge in [0.05, 0.1) is 6.10 Å². The van der Waals surface area contributed by atoms with Crippen LogP contribution in [0.2, 0.25) is 0 Å². The van der Waals surface area contributed by atoms with Crippen LogP contribution in [0.1, 0.15) is 149 Å². The first-order valence-corrected chi connectivity index (χ1v) is 18.3. The van der Waals surface area contributed by atoms with Gasteiger partial charge in [0, 0.05) is 12.8 Å². The number of allylic oxidation sites excluding steroid dienone is 8. The number of aliphatic hydroxyl groups excluding tert-OH is 2. The van der Waals surface area contributed by atoms with Crippen LogP contribution in [0.5, 0.6) is 0 Å². The Morgan fingerprint density at radius 2 is 1.15 bits per heavy atom. The van der Waals surface area contributed by atoms with E-state index in [2.05, 4.69) is 44.2 Å². The summed E-state index contributed by atoms with van der Waals surface area (Å²) >= 11 is 0. The fraction of sp³-hybridized carbons (Fsp3) is 0.700. The minimum Gasteiger partial charge on any atom is -0.463 e. The van der Waals surface area contributed by atoms with Crippen molar-refractivity contribution >= 4 is 11.9 Å². The van der Waals surface area contributed by atoms with Crippen molar-refractivity contribution in [2.24, 2.45) is 5.92 Å². The van der Waals surface area contributed by atoms with Crippen LogP contribution in [0, 0.1) is 5.92 Å². The lowest BCUT2D eigenvalue weighted by atomic mass is 9.99. The van der Waals surface area contributed by atoms with Gasteiger partial charge in [0.2, 0.25) is 0 Å². The Labute approximate surface area is 282 Å². The number of hydrogen-bond donors (Lipinski definition) is 2. The SMILES string of the molecule is CC/C=C\C(O)C/C=C/C=C\C/C=C\C/C=C\CCCC(=O)OC[C@H](O)COC(=O)CCCCCCCCCCCCC(C)CC. The van der Waals surface area contributed by atoms with E-state index in [4.69, 9.17) is 9.47 Å². The summed E-state index contributed by atoms with van der Waals surface area (Å²) in [5.41, 5.74) is 0. The van der Waals surface area contributed by atoms with Crippen LogP contribution in [0.15, 0.2) is 60.8 Å². The molecule has 0 saturated heterocycles. The monoisotopic (exact) mass is 645 g/mol. The average molecular weight is 645 g/mol. The number of carbonyl (C=O) groups excluding carboxylic acids is 2. The van der Waals surface area contributed by atoms with E-state index in [-0.39, 0.29) is 31.6 Å². The third-order valence-electron chi connectivity index (χ3n) is 7.88. The molecule has 0 radical (unpaired) electrons. The summed E-state index contributed by atoms with van der Waals surface area (Å²) in [5.74, 6) is 0.212. The van der Waals surface area contributed by atoms with Crippen molar-refractivity contribution in [3.8, 4) is 0 Å². The number of aliphatic hydroxyl groups is 2. The topological polar surface area (TPSA) is 93.1 Å². The Morgan fingerprint density at radius 3 is 1.76 bits per heavy atom. The highest BCUT2D eigenvalue weighted by molar-refractivity contribution is 5.69. The lowest BCUT2D eigenvalue weighted by Gasteiger charge is -2.12. The zero-order valence-electron chi connectivity index (χ0n) is 29.6. The number of esters is 2. The largest absolute Gasteiger partial charge is 0.463 e. The van der Waals surface area contributed by atoms with Crippen molar-refractivity contribution in [2.75, 3.05) is 13.2 Å². The molecule has 0 heterocycles. The highest BCUT2D eigenvalue weighted by Gasteiger charge is 2.12. The lowest BCUT2D eigenvalue weighted by molar-refractivity contribution is -0.152. The van der Waals surface area contributed by atoms with Crippen molar-refractivity contribution in [2.45, 2.75) is 161 Å². The van der Waals surface area contributed by atoms with Crippen LogP contribution in [0.3, 0.4) is 0 Å². The fourth-order valence-electron chi connectivity index (χ4n) is 4.70. The second-order valence-electron chi connectivity index (χ2n) is 12.4. The Hall–Kier alpha value is -2.44. The summed E-state index contributed by atoms with van der Waals surface area (Å²) in [4.78, 5) is 23.9. The molecule has 46 heavy (non-hydrogen) atoms. The van der Waals surface area contributed by atoms with E-state index in [0.717, 1.165) is 50.9 Å². The van der Waals surface area contributed by atoms with Crippen LogP contribution in [0.25, 0.3) is 0 Å². The molecule has 0 spiro atoms. The van der Waals surface area contributed by atoms with Crippen LogP contribution >= 0.6 is 0 Å². The standard InChI is InChI=1S/C40H68O6/c1-4-6-30-37(41)31-26-22-18-14-9-7-8-10-15-19-23-27-32-39(43)45-34-38(42)35-46-40(44)33-28-24-20-16-12-11-13-17-21-25-29-36(3)5-2/h6-8,14-15,18-19,22,26,30,36-38,41-42H,4-5,9-13,16-17,20-21,23-25,27-29,31-35H2,1-3H3/b8-7-,18-14-,19-15-,26-22+,30-6-/t36?,37?,38-/m0/s1. The maximum absolute atomic E-state index is 11.9. The molecule has 0 amide bonds. The Kier molecular flexibility index (Phi) is 32.1. The quantitative estimate of drug-likeness (QED) is 0.0338. The van der Waals surface area contributed by atoms with Crippen molar-refractivity contribution < 1.29 is 29.3 Å². The molecule has 0 aliphatic heterocycles. The Morgan fingerprint density at radius 1 is 0.630 bits per heavy atom. The van der Waals surface area contributed by atoms with E-state index >= 15 is 0 Å². The van der Waals surface area contributed by atoms with Crippen molar-refractivity contribution in [1.29, 1.82) is 0 Å². The van der Waals surface area contributed by atoms with E-state index in [1.807, 2.05) is 37.3 Å². The summed E-state index contributed by atoms with van der Waals surface area (Å²) < 4.78 is 10.3. The molecule has 0 aromatic rings. The molecule has 0 aliphatic rings. The second kappa shape index (κ2) is 33.9. The first kappa shape index (κ1) is 43.6. The highest BCUT2D eigenvalue weighted by Crippen LogP contribution is 2.15. The minimum absolute atomic E-state index is 0.146. The average Bonchev–Trinajstić information content (AvgIpc) is 3.05. The van der Waals surface area contributed by atoms with Crippen molar-refractivity contribution in [3.63, 3.8) is 0 Å². The molecule has 264 valence electrons. The van der Waals surface area contributed by atoms with Gasteiger partial charge in [0.25, 0.3) is 0 Å². The van der Waals surface area contributed by atoms with Gasteiger partial charge < -0.3 is 19.7 Å². The van der Waals surface area contributed by atoms with Gasteiger partial charge in [-0.1, -0.05) is 152 Å². The molecule has 2 unspecified atom stereocenters. The van der Waals surface area contributed by atoms with Crippen molar-refractivity contribution in [1.82, 2.24) is 0 Å². The van der Waals surface area contributed by atoms with Gasteiger partial charge in [-0.05, 0) is 50.9 Å². The Balaban J connectivity index is 3.61. The zero-order chi connectivity index (χ0) is 33.9. The van der Waals surface area contributed by atoms with Gasteiger partial charge in [-0.15, -0.1) is 0 Å². The van der Waals surface area contributed by atoms with Gasteiger partial charge in [-0.3, -0.25) is 9.59 Å². The number of carbonyl (C=O) groups is 2. The molecular weight excluding hydrogens is 576 g/mol. The maximum atomic E-state index is 11.9. The molecule has 0 aromatic carbocycles. The van der Waals surface area contributed by atoms with Crippen molar-refractivity contribution in [3.05, 3.63) is 60.8 Å². The molecular formula is C40H68O6. The van der Waals surface area contributed by atoms with Crippen LogP contribution in [0.4, 0.5) is 0 Å². The second-order valence-corrected chi connectivity index (χ2v) is 12.4. The van der Waals surface area contributed by atoms with Gasteiger partial charge in [0.15, 0.2) is 0 Å². The van der Waals surface area contributed by atoms with E-state index in [9.17, 15) is 19.8 Å². The zero-order valence-corrected chi connectivity index (χ0v) is 29.6. The predicted molar refractivity (Wildman–Crippen MR) is 192 cm³/mol. The lowest BCUT2D eigenvalue weighted by Crippen LogP contribution is -2.25. The molecule has 3 atom stereocenters. The van der Waals surface area contributed by atoms with Gasteiger partial charge in [0.1, 0.15) is 19.3 Å². The smallest absolute Gasteiger partial charge is 0.305 e. The van der Waals surface area contributed by atoms with Gasteiger partial charge >= 0.3 is 11.9 Å². The van der Waals surface area contributed by atoms with E-state index in [0.29, 0.717) is 19.3 Å². The number of unbranched alkanes of at least 4 members (excludes halogenated alkanes) is 10. The van der Waals surface area contributed by atoms with E-state index in [1.165, 1.54) is 57.8 Å². The summed E-state index contributed by atoms with van der Waals surface area (Å²) in [6, 6.07) is 0. The molecule has 0 saturated carbocycles. The molecule has 0 fully saturated rings. The summed E-state index contributed by atoms with van der Waals surface area (Å²) in [6.45, 7) is 6.36. The minimum atomic E-state index is -0.999. The van der Waals surface area contributed by atoms with Crippen LogP contribution in [-0.2, 0) is 19.1 Å². The molecule has 0 aromatic heterocycles. The molecule has 0 bridgehead atoms. The summed E-state index contributed by atoms with van der Waals surface area (Å²) in [5, 5.41) is 19.7. The van der Waals surface area contributed by atoms with Gasteiger partial charge in [-0.2, -0.15) is 0 Å². The third-order valence-corrected chi connectivity index (χ3v) is 7.88. The highest BCUT2D eigenvalue weighted by atomic mass is 16.6. The van der Waals surface area contributed by atoms with Crippen LogP contribution in [-0.4, -0.2) is 47.6 Å².